The van der Waals surface area contributed by atoms with E-state index in [0.29, 0.717) is 11.6 Å². The molecular formula is C26H28N6O. The molecule has 1 atom stereocenters. The van der Waals surface area contributed by atoms with E-state index in [1.807, 2.05) is 22.9 Å². The molecule has 7 heteroatoms. The lowest BCUT2D eigenvalue weighted by molar-refractivity contribution is 0.190. The molecule has 7 nitrogen and oxygen atoms in total. The quantitative estimate of drug-likeness (QED) is 0.517. The number of pyridine rings is 1. The Hall–Kier alpha value is -3.32. The Labute approximate surface area is 192 Å². The fraction of sp³-hybridized carbons (Fsp3) is 0.385. The summed E-state index contributed by atoms with van der Waals surface area (Å²) in [4.78, 5) is 18.9. The number of hydrogen-bond donors (Lipinski definition) is 1. The Morgan fingerprint density at radius 3 is 2.73 bits per heavy atom. The van der Waals surface area contributed by atoms with Crippen molar-refractivity contribution in [1.82, 2.24) is 30.1 Å². The molecule has 6 rings (SSSR count). The molecule has 1 fully saturated rings. The Kier molecular flexibility index (Phi) is 5.06. The summed E-state index contributed by atoms with van der Waals surface area (Å²) in [6.45, 7) is 3.69. The normalized spacial score (nSPS) is 18.0. The van der Waals surface area contributed by atoms with Gasteiger partial charge in [0, 0.05) is 24.2 Å². The molecule has 1 aliphatic heterocycles. The monoisotopic (exact) mass is 440 g/mol. The van der Waals surface area contributed by atoms with Crippen molar-refractivity contribution in [3.05, 3.63) is 87.0 Å². The number of hydrogen-bond acceptors (Lipinski definition) is 5. The summed E-state index contributed by atoms with van der Waals surface area (Å²) in [6, 6.07) is 16.7. The average molecular weight is 441 g/mol. The largest absolute Gasteiger partial charge is 0.322 e. The molecule has 168 valence electrons. The van der Waals surface area contributed by atoms with E-state index in [1.54, 1.807) is 0 Å². The minimum absolute atomic E-state index is 0.0730. The van der Waals surface area contributed by atoms with Gasteiger partial charge >= 0.3 is 0 Å². The summed E-state index contributed by atoms with van der Waals surface area (Å²) in [6.07, 6.45) is 5.51. The highest BCUT2D eigenvalue weighted by Crippen LogP contribution is 2.35. The summed E-state index contributed by atoms with van der Waals surface area (Å²) < 4.78 is 2.00. The van der Waals surface area contributed by atoms with Crippen molar-refractivity contribution in [2.24, 2.45) is 0 Å². The van der Waals surface area contributed by atoms with E-state index in [4.69, 9.17) is 0 Å². The molecule has 0 saturated heterocycles. The van der Waals surface area contributed by atoms with Crippen molar-refractivity contribution in [2.45, 2.75) is 57.7 Å². The summed E-state index contributed by atoms with van der Waals surface area (Å²) in [5, 5.41) is 14.0. The number of nitrogens with zero attached hydrogens (tertiary/aromatic N) is 5. The molecule has 0 radical (unpaired) electrons. The van der Waals surface area contributed by atoms with Crippen LogP contribution in [0.15, 0.2) is 53.3 Å². The fourth-order valence-corrected chi connectivity index (χ4v) is 5.57. The smallest absolute Gasteiger partial charge is 0.253 e. The molecule has 1 saturated carbocycles. The van der Waals surface area contributed by atoms with Crippen LogP contribution in [0.1, 0.15) is 65.8 Å². The minimum atomic E-state index is -0.303. The van der Waals surface area contributed by atoms with Gasteiger partial charge in [-0.05, 0) is 71.3 Å². The number of nitrogens with one attached hydrogen (secondary N) is 1. The number of benzene rings is 2. The summed E-state index contributed by atoms with van der Waals surface area (Å²) in [5.74, 6) is 0.777. The Morgan fingerprint density at radius 1 is 1.06 bits per heavy atom. The van der Waals surface area contributed by atoms with Crippen LogP contribution in [0.2, 0.25) is 0 Å². The van der Waals surface area contributed by atoms with E-state index in [-0.39, 0.29) is 11.6 Å². The topological polar surface area (TPSA) is 79.7 Å². The Morgan fingerprint density at radius 2 is 1.88 bits per heavy atom. The highest BCUT2D eigenvalue weighted by atomic mass is 16.1. The second-order valence-corrected chi connectivity index (χ2v) is 9.46. The van der Waals surface area contributed by atoms with Crippen LogP contribution in [0.4, 0.5) is 0 Å². The van der Waals surface area contributed by atoms with Gasteiger partial charge in [-0.15, -0.1) is 5.10 Å². The first-order valence-corrected chi connectivity index (χ1v) is 11.9. The van der Waals surface area contributed by atoms with E-state index in [1.165, 1.54) is 29.5 Å². The standard InChI is InChI=1S/C26H28N6O/c1-17-10-11-23-20(14-17)15-22(26(33)27-23)24(25-28-29-30-32(25)21-8-4-5-9-21)31-13-12-18-6-2-3-7-19(18)16-31/h2-3,6-7,10-11,14-15,21,24H,4-5,8-9,12-13,16H2,1H3,(H,27,33)/t24-/m1/s1. The van der Waals surface area contributed by atoms with Gasteiger partial charge in [0.1, 0.15) is 6.04 Å². The highest BCUT2D eigenvalue weighted by Gasteiger charge is 2.34. The molecule has 1 N–H and O–H groups in total. The number of tetrazole rings is 1. The van der Waals surface area contributed by atoms with Crippen LogP contribution in [0.25, 0.3) is 10.9 Å². The van der Waals surface area contributed by atoms with E-state index >= 15 is 0 Å². The molecule has 2 aliphatic rings. The van der Waals surface area contributed by atoms with Gasteiger partial charge in [-0.1, -0.05) is 48.7 Å². The van der Waals surface area contributed by atoms with Gasteiger partial charge in [-0.2, -0.15) is 0 Å². The first kappa shape index (κ1) is 20.3. The predicted octanol–water partition coefficient (Wildman–Crippen LogP) is 4.09. The number of aromatic amines is 1. The second-order valence-electron chi connectivity index (χ2n) is 9.46. The zero-order valence-corrected chi connectivity index (χ0v) is 18.9. The van der Waals surface area contributed by atoms with Gasteiger partial charge < -0.3 is 4.98 Å². The van der Waals surface area contributed by atoms with Crippen LogP contribution in [0.3, 0.4) is 0 Å². The molecule has 3 heterocycles. The van der Waals surface area contributed by atoms with Gasteiger partial charge in [0.15, 0.2) is 5.82 Å². The zero-order chi connectivity index (χ0) is 22.4. The van der Waals surface area contributed by atoms with Gasteiger partial charge in [-0.25, -0.2) is 4.68 Å². The SMILES string of the molecule is Cc1ccc2[nH]c(=O)c([C@H](c3nnnn3C3CCCC3)N3CCc4ccccc4C3)cc2c1. The first-order chi connectivity index (χ1) is 16.2. The lowest BCUT2D eigenvalue weighted by Crippen LogP contribution is -2.39. The Balaban J connectivity index is 1.51. The van der Waals surface area contributed by atoms with Crippen LogP contribution in [-0.4, -0.2) is 36.6 Å². The fourth-order valence-electron chi connectivity index (χ4n) is 5.57. The maximum atomic E-state index is 13.4. The van der Waals surface area contributed by atoms with Crippen LogP contribution in [0, 0.1) is 6.92 Å². The van der Waals surface area contributed by atoms with Crippen molar-refractivity contribution in [1.29, 1.82) is 0 Å². The molecule has 0 bridgehead atoms. The summed E-state index contributed by atoms with van der Waals surface area (Å²) in [7, 11) is 0. The Bertz CT molecular complexity index is 1370. The average Bonchev–Trinajstić information content (AvgIpc) is 3.52. The third-order valence-corrected chi connectivity index (χ3v) is 7.28. The van der Waals surface area contributed by atoms with Gasteiger partial charge in [0.2, 0.25) is 0 Å². The number of aryl methyl sites for hydroxylation is 1. The molecular weight excluding hydrogens is 412 g/mol. The third kappa shape index (κ3) is 3.66. The molecule has 1 aliphatic carbocycles. The van der Waals surface area contributed by atoms with E-state index in [9.17, 15) is 4.79 Å². The van der Waals surface area contributed by atoms with Crippen molar-refractivity contribution in [2.75, 3.05) is 6.54 Å². The lowest BCUT2D eigenvalue weighted by atomic mass is 9.95. The van der Waals surface area contributed by atoms with Gasteiger partial charge in [0.05, 0.1) is 6.04 Å². The van der Waals surface area contributed by atoms with Crippen LogP contribution >= 0.6 is 0 Å². The van der Waals surface area contributed by atoms with Crippen LogP contribution in [-0.2, 0) is 13.0 Å². The van der Waals surface area contributed by atoms with Gasteiger partial charge in [0.25, 0.3) is 5.56 Å². The number of aromatic nitrogens is 5. The van der Waals surface area contributed by atoms with Crippen LogP contribution in [0.5, 0.6) is 0 Å². The maximum absolute atomic E-state index is 13.4. The molecule has 2 aromatic carbocycles. The number of H-pyrrole nitrogens is 1. The number of fused-ring (bicyclic) bond motifs is 2. The number of rotatable bonds is 4. The molecule has 33 heavy (non-hydrogen) atoms. The lowest BCUT2D eigenvalue weighted by Gasteiger charge is -2.35. The molecule has 0 unspecified atom stereocenters. The molecule has 0 spiro atoms. The summed E-state index contributed by atoms with van der Waals surface area (Å²) in [5.41, 5.74) is 5.34. The van der Waals surface area contributed by atoms with Crippen LogP contribution < -0.4 is 5.56 Å². The zero-order valence-electron chi connectivity index (χ0n) is 18.9. The molecule has 0 amide bonds. The van der Waals surface area contributed by atoms with Crippen molar-refractivity contribution >= 4 is 10.9 Å². The van der Waals surface area contributed by atoms with Crippen molar-refractivity contribution in [3.8, 4) is 0 Å². The van der Waals surface area contributed by atoms with Crippen molar-refractivity contribution < 1.29 is 0 Å². The highest BCUT2D eigenvalue weighted by molar-refractivity contribution is 5.79. The molecule has 4 aromatic rings. The van der Waals surface area contributed by atoms with Crippen molar-refractivity contribution in [3.63, 3.8) is 0 Å². The second kappa shape index (κ2) is 8.23. The predicted molar refractivity (Wildman–Crippen MR) is 127 cm³/mol. The van der Waals surface area contributed by atoms with E-state index in [0.717, 1.165) is 49.1 Å². The summed E-state index contributed by atoms with van der Waals surface area (Å²) >= 11 is 0. The van der Waals surface area contributed by atoms with Gasteiger partial charge in [-0.3, -0.25) is 9.69 Å². The first-order valence-electron chi connectivity index (χ1n) is 11.9. The molecule has 2 aromatic heterocycles. The maximum Gasteiger partial charge on any atom is 0.253 e. The third-order valence-electron chi connectivity index (χ3n) is 7.28. The van der Waals surface area contributed by atoms with E-state index in [2.05, 4.69) is 62.7 Å². The van der Waals surface area contributed by atoms with E-state index < -0.39 is 0 Å². The minimum Gasteiger partial charge on any atom is -0.322 e.